The maximum Gasteiger partial charge on any atom is 0.256 e. The third-order valence-corrected chi connectivity index (χ3v) is 4.11. The number of nitrogens with one attached hydrogen (secondary N) is 1. The average molecular weight is 410 g/mol. The molecule has 3 rings (SSSR count). The number of ether oxygens (including phenoxy) is 1. The number of aromatic nitrogens is 2. The Morgan fingerprint density at radius 1 is 1.07 bits per heavy atom. The van der Waals surface area contributed by atoms with E-state index in [0.717, 1.165) is 24.0 Å². The van der Waals surface area contributed by atoms with E-state index in [0.29, 0.717) is 11.4 Å². The van der Waals surface area contributed by atoms with Gasteiger partial charge in [-0.05, 0) is 29.8 Å². The van der Waals surface area contributed by atoms with Gasteiger partial charge in [0, 0.05) is 17.5 Å². The van der Waals surface area contributed by atoms with Crippen LogP contribution >= 0.6 is 23.2 Å². The predicted octanol–water partition coefficient (Wildman–Crippen LogP) is 5.19. The lowest BCUT2D eigenvalue weighted by atomic mass is 10.1. The largest absolute Gasteiger partial charge is 0.437 e. The molecule has 1 heterocycles. The van der Waals surface area contributed by atoms with E-state index in [1.807, 2.05) is 0 Å². The summed E-state index contributed by atoms with van der Waals surface area (Å²) in [5, 5.41) is 2.45. The Hall–Kier alpha value is -2.77. The number of amides is 1. The molecule has 0 spiro atoms. The minimum atomic E-state index is -1.08. The summed E-state index contributed by atoms with van der Waals surface area (Å²) in [6, 6.07) is 9.65. The molecule has 0 saturated carbocycles. The minimum absolute atomic E-state index is 0.00988. The second kappa shape index (κ2) is 8.28. The van der Waals surface area contributed by atoms with E-state index in [1.165, 1.54) is 6.07 Å². The highest BCUT2D eigenvalue weighted by Gasteiger charge is 2.15. The molecule has 1 amide bonds. The summed E-state index contributed by atoms with van der Waals surface area (Å²) < 4.78 is 31.6. The van der Waals surface area contributed by atoms with Crippen molar-refractivity contribution in [2.45, 2.75) is 5.88 Å². The molecule has 0 bridgehead atoms. The van der Waals surface area contributed by atoms with Crippen molar-refractivity contribution >= 4 is 34.9 Å². The topological polar surface area (TPSA) is 64.1 Å². The lowest BCUT2D eigenvalue weighted by molar-refractivity contribution is 0.102. The first-order chi connectivity index (χ1) is 13.0. The van der Waals surface area contributed by atoms with Gasteiger partial charge in [-0.1, -0.05) is 23.7 Å². The molecule has 2 aromatic carbocycles. The molecule has 0 atom stereocenters. The van der Waals surface area contributed by atoms with Crippen molar-refractivity contribution in [1.29, 1.82) is 0 Å². The Kier molecular flexibility index (Phi) is 5.83. The fraction of sp³-hybridized carbons (Fsp3) is 0.0556. The fourth-order valence-corrected chi connectivity index (χ4v) is 2.45. The molecule has 9 heteroatoms. The Labute approximate surface area is 162 Å². The first-order valence-corrected chi connectivity index (χ1v) is 8.49. The van der Waals surface area contributed by atoms with Crippen LogP contribution in [-0.4, -0.2) is 15.9 Å². The van der Waals surface area contributed by atoms with Gasteiger partial charge < -0.3 is 10.1 Å². The first kappa shape index (κ1) is 19.0. The van der Waals surface area contributed by atoms with Crippen LogP contribution in [-0.2, 0) is 5.88 Å². The van der Waals surface area contributed by atoms with Crippen molar-refractivity contribution in [3.05, 3.63) is 76.6 Å². The third kappa shape index (κ3) is 4.50. The lowest BCUT2D eigenvalue weighted by Gasteiger charge is -2.10. The number of alkyl halides is 1. The van der Waals surface area contributed by atoms with Crippen molar-refractivity contribution < 1.29 is 18.3 Å². The van der Waals surface area contributed by atoms with Gasteiger partial charge in [0.05, 0.1) is 0 Å². The highest BCUT2D eigenvalue weighted by Crippen LogP contribution is 2.32. The number of carbonyl (C=O) groups excluding carboxylic acids is 1. The summed E-state index contributed by atoms with van der Waals surface area (Å²) in [5.74, 6) is -2.32. The van der Waals surface area contributed by atoms with E-state index in [9.17, 15) is 13.6 Å². The van der Waals surface area contributed by atoms with Crippen LogP contribution in [0, 0.1) is 11.6 Å². The summed E-state index contributed by atoms with van der Waals surface area (Å²) in [7, 11) is 0. The van der Waals surface area contributed by atoms with Gasteiger partial charge in [0.2, 0.25) is 5.88 Å². The lowest BCUT2D eigenvalue weighted by Crippen LogP contribution is -2.13. The molecule has 3 aromatic rings. The Morgan fingerprint density at radius 2 is 1.81 bits per heavy atom. The van der Waals surface area contributed by atoms with Crippen molar-refractivity contribution in [1.82, 2.24) is 9.97 Å². The molecule has 0 unspecified atom stereocenters. The van der Waals surface area contributed by atoms with Crippen molar-refractivity contribution in [2.24, 2.45) is 0 Å². The molecule has 5 nitrogen and oxygen atoms in total. The fourth-order valence-electron chi connectivity index (χ4n) is 2.09. The molecule has 0 aliphatic heterocycles. The van der Waals surface area contributed by atoms with Crippen LogP contribution in [0.2, 0.25) is 5.02 Å². The van der Waals surface area contributed by atoms with Crippen LogP contribution in [0.5, 0.6) is 11.6 Å². The van der Waals surface area contributed by atoms with Gasteiger partial charge >= 0.3 is 0 Å². The average Bonchev–Trinajstić information content (AvgIpc) is 2.68. The molecule has 27 heavy (non-hydrogen) atoms. The number of carbonyl (C=O) groups is 1. The number of rotatable bonds is 5. The maximum atomic E-state index is 13.3. The number of anilines is 1. The molecule has 0 radical (unpaired) electrons. The quantitative estimate of drug-likeness (QED) is 0.588. The summed E-state index contributed by atoms with van der Waals surface area (Å²) in [4.78, 5) is 20.1. The number of halogens is 4. The van der Waals surface area contributed by atoms with Crippen molar-refractivity contribution in [3.63, 3.8) is 0 Å². The van der Waals surface area contributed by atoms with Crippen molar-refractivity contribution in [3.8, 4) is 11.6 Å². The zero-order valence-corrected chi connectivity index (χ0v) is 15.1. The van der Waals surface area contributed by atoms with Crippen LogP contribution in [0.3, 0.4) is 0 Å². The van der Waals surface area contributed by atoms with Crippen LogP contribution in [0.25, 0.3) is 0 Å². The monoisotopic (exact) mass is 409 g/mol. The highest BCUT2D eigenvalue weighted by molar-refractivity contribution is 6.34. The van der Waals surface area contributed by atoms with Crippen LogP contribution < -0.4 is 10.1 Å². The molecule has 0 fully saturated rings. The van der Waals surface area contributed by atoms with Crippen molar-refractivity contribution in [2.75, 3.05) is 5.32 Å². The van der Waals surface area contributed by atoms with E-state index in [2.05, 4.69) is 15.3 Å². The van der Waals surface area contributed by atoms with Gasteiger partial charge in [-0.3, -0.25) is 4.79 Å². The third-order valence-electron chi connectivity index (χ3n) is 3.47. The smallest absolute Gasteiger partial charge is 0.256 e. The van der Waals surface area contributed by atoms with Crippen LogP contribution in [0.4, 0.5) is 14.6 Å². The molecular formula is C18H11Cl2F2N3O2. The molecule has 0 aliphatic carbocycles. The van der Waals surface area contributed by atoms with Gasteiger partial charge in [-0.15, -0.1) is 11.6 Å². The van der Waals surface area contributed by atoms with Crippen LogP contribution in [0.1, 0.15) is 15.9 Å². The maximum absolute atomic E-state index is 13.3. The molecule has 0 saturated heterocycles. The second-order valence-corrected chi connectivity index (χ2v) is 5.95. The number of hydrogen-bond acceptors (Lipinski definition) is 4. The predicted molar refractivity (Wildman–Crippen MR) is 97.4 cm³/mol. The van der Waals surface area contributed by atoms with E-state index >= 15 is 0 Å². The number of hydrogen-bond donors (Lipinski definition) is 1. The summed E-state index contributed by atoms with van der Waals surface area (Å²) in [6.45, 7) is 0. The SMILES string of the molecule is O=C(Nc1ncnc(Oc2ccc(F)c(F)c2)c1Cl)c1ccc(CCl)cc1. The number of benzene rings is 2. The summed E-state index contributed by atoms with van der Waals surface area (Å²) in [5.41, 5.74) is 1.25. The molecular weight excluding hydrogens is 399 g/mol. The van der Waals surface area contributed by atoms with Gasteiger partial charge in [0.1, 0.15) is 17.1 Å². The normalized spacial score (nSPS) is 10.5. The Bertz CT molecular complexity index is 985. The Morgan fingerprint density at radius 3 is 2.48 bits per heavy atom. The summed E-state index contributed by atoms with van der Waals surface area (Å²) in [6.07, 6.45) is 1.12. The highest BCUT2D eigenvalue weighted by atomic mass is 35.5. The first-order valence-electron chi connectivity index (χ1n) is 7.57. The van der Waals surface area contributed by atoms with E-state index in [4.69, 9.17) is 27.9 Å². The van der Waals surface area contributed by atoms with E-state index in [1.54, 1.807) is 24.3 Å². The second-order valence-electron chi connectivity index (χ2n) is 5.30. The standard InChI is InChI=1S/C18H11Cl2F2N3O2/c19-8-10-1-3-11(4-2-10)17(26)25-16-15(20)18(24-9-23-16)27-12-5-6-13(21)14(22)7-12/h1-7,9H,8H2,(H,23,24,25,26). The molecule has 138 valence electrons. The van der Waals surface area contributed by atoms with E-state index in [-0.39, 0.29) is 22.5 Å². The number of nitrogens with zero attached hydrogens (tertiary/aromatic N) is 2. The molecule has 1 aromatic heterocycles. The van der Waals surface area contributed by atoms with Crippen LogP contribution in [0.15, 0.2) is 48.8 Å². The van der Waals surface area contributed by atoms with Gasteiger partial charge in [-0.2, -0.15) is 4.98 Å². The van der Waals surface area contributed by atoms with Gasteiger partial charge in [0.25, 0.3) is 5.91 Å². The van der Waals surface area contributed by atoms with Gasteiger partial charge in [-0.25, -0.2) is 13.8 Å². The molecule has 0 aliphatic rings. The Balaban J connectivity index is 1.79. The zero-order valence-electron chi connectivity index (χ0n) is 13.5. The molecule has 1 N–H and O–H groups in total. The zero-order chi connectivity index (χ0) is 19.4. The summed E-state index contributed by atoms with van der Waals surface area (Å²) >= 11 is 11.9. The van der Waals surface area contributed by atoms with Gasteiger partial charge in [0.15, 0.2) is 17.5 Å². The van der Waals surface area contributed by atoms with E-state index < -0.39 is 17.5 Å². The minimum Gasteiger partial charge on any atom is -0.437 e.